The van der Waals surface area contributed by atoms with Crippen LogP contribution in [0.15, 0.2) is 84.6 Å². The van der Waals surface area contributed by atoms with E-state index in [1.165, 1.54) is 4.90 Å². The van der Waals surface area contributed by atoms with Crippen LogP contribution in [-0.4, -0.2) is 47.4 Å². The number of hydrogen-bond acceptors (Lipinski definition) is 5. The van der Waals surface area contributed by atoms with Crippen LogP contribution in [0.2, 0.25) is 0 Å². The third-order valence-corrected chi connectivity index (χ3v) is 6.62. The number of amides is 1. The van der Waals surface area contributed by atoms with E-state index >= 15 is 0 Å². The number of benzene rings is 3. The molecule has 36 heavy (non-hydrogen) atoms. The van der Waals surface area contributed by atoms with Gasteiger partial charge in [-0.15, -0.1) is 0 Å². The molecule has 2 heterocycles. The number of H-pyrrole nitrogens is 1. The molecule has 182 valence electrons. The number of ether oxygens (including phenoxy) is 2. The molecule has 1 fully saturated rings. The highest BCUT2D eigenvalue weighted by atomic mass is 16.5. The summed E-state index contributed by atoms with van der Waals surface area (Å²) < 4.78 is 10.8. The van der Waals surface area contributed by atoms with Crippen molar-refractivity contribution in [3.8, 4) is 11.5 Å². The maximum Gasteiger partial charge on any atom is 0.295 e. The minimum absolute atomic E-state index is 0.0454. The number of Topliss-reactive ketones (excluding diaryl/α,β-unsaturated/α-hetero) is 1. The molecule has 4 aromatic rings. The highest BCUT2D eigenvalue weighted by Crippen LogP contribution is 2.43. The van der Waals surface area contributed by atoms with E-state index in [1.54, 1.807) is 26.5 Å². The van der Waals surface area contributed by atoms with Crippen molar-refractivity contribution in [2.45, 2.75) is 12.5 Å². The van der Waals surface area contributed by atoms with Gasteiger partial charge in [0.15, 0.2) is 0 Å². The smallest absolute Gasteiger partial charge is 0.295 e. The van der Waals surface area contributed by atoms with Gasteiger partial charge in [0, 0.05) is 34.8 Å². The quantitative estimate of drug-likeness (QED) is 0.223. The van der Waals surface area contributed by atoms with Gasteiger partial charge < -0.3 is 24.5 Å². The molecule has 1 aromatic heterocycles. The molecule has 1 amide bonds. The summed E-state index contributed by atoms with van der Waals surface area (Å²) in [6.45, 7) is 0.282. The zero-order valence-electron chi connectivity index (χ0n) is 20.0. The van der Waals surface area contributed by atoms with Crippen LogP contribution in [0.1, 0.15) is 22.7 Å². The lowest BCUT2D eigenvalue weighted by atomic mass is 9.94. The number of aliphatic hydroxyl groups excluding tert-OH is 1. The van der Waals surface area contributed by atoms with Crippen LogP contribution in [0.5, 0.6) is 11.5 Å². The van der Waals surface area contributed by atoms with Gasteiger partial charge in [-0.3, -0.25) is 9.59 Å². The fraction of sp³-hybridized carbons (Fsp3) is 0.172. The van der Waals surface area contributed by atoms with Crippen LogP contribution in [0.3, 0.4) is 0 Å². The summed E-state index contributed by atoms with van der Waals surface area (Å²) >= 11 is 0. The second kappa shape index (κ2) is 9.62. The Bertz CT molecular complexity index is 1470. The molecule has 1 atom stereocenters. The normalized spacial score (nSPS) is 17.1. The van der Waals surface area contributed by atoms with Gasteiger partial charge in [-0.1, -0.05) is 48.5 Å². The van der Waals surface area contributed by atoms with E-state index in [4.69, 9.17) is 9.47 Å². The molecule has 2 N–H and O–H groups in total. The summed E-state index contributed by atoms with van der Waals surface area (Å²) in [6, 6.07) is 21.5. The van der Waals surface area contributed by atoms with E-state index in [0.717, 1.165) is 22.2 Å². The van der Waals surface area contributed by atoms with E-state index in [1.807, 2.05) is 66.7 Å². The number of ketones is 1. The molecule has 7 nitrogen and oxygen atoms in total. The number of likely N-dealkylation sites (tertiary alicyclic amines) is 1. The molecule has 0 spiro atoms. The average Bonchev–Trinajstić information content (AvgIpc) is 3.46. The molecule has 0 bridgehead atoms. The molecular formula is C29H26N2O5. The third kappa shape index (κ3) is 3.98. The number of aromatic nitrogens is 1. The average molecular weight is 483 g/mol. The first kappa shape index (κ1) is 23.2. The Morgan fingerprint density at radius 1 is 0.944 bits per heavy atom. The predicted molar refractivity (Wildman–Crippen MR) is 137 cm³/mol. The Balaban J connectivity index is 1.61. The maximum absolute atomic E-state index is 13.4. The molecule has 5 rings (SSSR count). The Kier molecular flexibility index (Phi) is 6.21. The second-order valence-electron chi connectivity index (χ2n) is 8.58. The van der Waals surface area contributed by atoms with Crippen molar-refractivity contribution in [3.05, 3.63) is 101 Å². The number of aromatic amines is 1. The topological polar surface area (TPSA) is 91.9 Å². The minimum Gasteiger partial charge on any atom is -0.507 e. The summed E-state index contributed by atoms with van der Waals surface area (Å²) in [4.78, 5) is 31.4. The number of nitrogens with zero attached hydrogens (tertiary/aromatic N) is 1. The molecular weight excluding hydrogens is 456 g/mol. The molecule has 0 saturated carbocycles. The monoisotopic (exact) mass is 482 g/mol. The van der Waals surface area contributed by atoms with E-state index in [9.17, 15) is 14.7 Å². The highest BCUT2D eigenvalue weighted by Gasteiger charge is 2.47. The highest BCUT2D eigenvalue weighted by molar-refractivity contribution is 6.46. The van der Waals surface area contributed by atoms with E-state index < -0.39 is 17.7 Å². The molecule has 1 aliphatic rings. The van der Waals surface area contributed by atoms with Crippen LogP contribution >= 0.6 is 0 Å². The third-order valence-electron chi connectivity index (χ3n) is 6.62. The van der Waals surface area contributed by atoms with Crippen molar-refractivity contribution in [1.82, 2.24) is 9.88 Å². The van der Waals surface area contributed by atoms with E-state index in [2.05, 4.69) is 4.98 Å². The molecule has 3 aromatic carbocycles. The van der Waals surface area contributed by atoms with E-state index in [0.29, 0.717) is 23.3 Å². The van der Waals surface area contributed by atoms with Gasteiger partial charge in [-0.2, -0.15) is 0 Å². The molecule has 1 unspecified atom stereocenters. The van der Waals surface area contributed by atoms with Gasteiger partial charge in [0.1, 0.15) is 17.3 Å². The van der Waals surface area contributed by atoms with Gasteiger partial charge in [-0.25, -0.2) is 0 Å². The SMILES string of the molecule is COc1ccc(CCN2C(=O)C(=O)/C(=C(/O)c3c[nH]c4ccccc34)C2c2ccccc2OC)cc1. The van der Waals surface area contributed by atoms with E-state index in [-0.39, 0.29) is 17.9 Å². The number of fused-ring (bicyclic) bond motifs is 1. The number of methoxy groups -OCH3 is 2. The first-order valence-corrected chi connectivity index (χ1v) is 11.6. The summed E-state index contributed by atoms with van der Waals surface area (Å²) in [5, 5.41) is 12.2. The zero-order chi connectivity index (χ0) is 25.2. The lowest BCUT2D eigenvalue weighted by Gasteiger charge is -2.26. The van der Waals surface area contributed by atoms with Crippen molar-refractivity contribution >= 4 is 28.4 Å². The molecule has 0 radical (unpaired) electrons. The zero-order valence-corrected chi connectivity index (χ0v) is 20.0. The number of para-hydroxylation sites is 2. The fourth-order valence-electron chi connectivity index (χ4n) is 4.78. The predicted octanol–water partition coefficient (Wildman–Crippen LogP) is 4.85. The van der Waals surface area contributed by atoms with Crippen molar-refractivity contribution in [3.63, 3.8) is 0 Å². The molecule has 7 heteroatoms. The van der Waals surface area contributed by atoms with Crippen LogP contribution in [-0.2, 0) is 16.0 Å². The number of rotatable bonds is 7. The molecule has 0 aliphatic carbocycles. The summed E-state index contributed by atoms with van der Waals surface area (Å²) in [6.07, 6.45) is 2.18. The van der Waals surface area contributed by atoms with Crippen molar-refractivity contribution in [1.29, 1.82) is 0 Å². The Labute approximate surface area is 208 Å². The number of aliphatic hydroxyl groups is 1. The van der Waals surface area contributed by atoms with Crippen LogP contribution in [0.25, 0.3) is 16.7 Å². The first-order chi connectivity index (χ1) is 17.5. The standard InChI is InChI=1S/C29H26N2O5/c1-35-19-13-11-18(12-14-19)15-16-31-26(21-8-4-6-10-24(21)36-2)25(28(33)29(31)34)27(32)22-17-30-23-9-5-3-7-20(22)23/h3-14,17,26,30,32H,15-16H2,1-2H3/b27-25+. The molecule has 1 saturated heterocycles. The summed E-state index contributed by atoms with van der Waals surface area (Å²) in [7, 11) is 3.15. The van der Waals surface area contributed by atoms with Crippen molar-refractivity contribution in [2.75, 3.05) is 20.8 Å². The first-order valence-electron chi connectivity index (χ1n) is 11.6. The van der Waals surface area contributed by atoms with Gasteiger partial charge >= 0.3 is 0 Å². The summed E-state index contributed by atoms with van der Waals surface area (Å²) in [5.41, 5.74) is 2.97. The maximum atomic E-state index is 13.4. The lowest BCUT2D eigenvalue weighted by molar-refractivity contribution is -0.139. The number of nitrogens with one attached hydrogen (secondary N) is 1. The number of carbonyl (C=O) groups excluding carboxylic acids is 2. The largest absolute Gasteiger partial charge is 0.507 e. The Morgan fingerprint density at radius 2 is 1.67 bits per heavy atom. The van der Waals surface area contributed by atoms with Crippen LogP contribution in [0.4, 0.5) is 0 Å². The lowest BCUT2D eigenvalue weighted by Crippen LogP contribution is -2.31. The number of carbonyl (C=O) groups is 2. The minimum atomic E-state index is -0.798. The van der Waals surface area contributed by atoms with Crippen molar-refractivity contribution < 1.29 is 24.2 Å². The Hall–Kier alpha value is -4.52. The van der Waals surface area contributed by atoms with Gasteiger partial charge in [0.25, 0.3) is 11.7 Å². The fourth-order valence-corrected chi connectivity index (χ4v) is 4.78. The van der Waals surface area contributed by atoms with Crippen LogP contribution < -0.4 is 9.47 Å². The van der Waals surface area contributed by atoms with Gasteiger partial charge in [0.2, 0.25) is 0 Å². The van der Waals surface area contributed by atoms with Gasteiger partial charge in [-0.05, 0) is 36.2 Å². The van der Waals surface area contributed by atoms with Gasteiger partial charge in [0.05, 0.1) is 25.8 Å². The summed E-state index contributed by atoms with van der Waals surface area (Å²) in [5.74, 6) is -0.312. The van der Waals surface area contributed by atoms with Crippen LogP contribution in [0, 0.1) is 0 Å². The Morgan fingerprint density at radius 3 is 2.42 bits per heavy atom. The molecule has 1 aliphatic heterocycles. The number of hydrogen-bond donors (Lipinski definition) is 2. The van der Waals surface area contributed by atoms with Crippen molar-refractivity contribution in [2.24, 2.45) is 0 Å². The second-order valence-corrected chi connectivity index (χ2v) is 8.58.